The van der Waals surface area contributed by atoms with Crippen molar-refractivity contribution in [2.45, 2.75) is 13.5 Å². The van der Waals surface area contributed by atoms with E-state index >= 15 is 0 Å². The molecule has 2 rings (SSSR count). The molecular weight excluding hydrogens is 234 g/mol. The molecule has 0 atom stereocenters. The monoisotopic (exact) mass is 245 g/mol. The number of aromatic nitrogens is 3. The van der Waals surface area contributed by atoms with Crippen molar-refractivity contribution in [3.05, 3.63) is 57.8 Å². The minimum Gasteiger partial charge on any atom is -0.477 e. The maximum atomic E-state index is 11.5. The molecule has 0 saturated carbocycles. The molecule has 0 aliphatic carbocycles. The first-order chi connectivity index (χ1) is 8.58. The summed E-state index contributed by atoms with van der Waals surface area (Å²) in [7, 11) is 0. The molecule has 92 valence electrons. The molecule has 0 saturated heterocycles. The average molecular weight is 245 g/mol. The van der Waals surface area contributed by atoms with Crippen LogP contribution in [0.4, 0.5) is 0 Å². The number of aryl methyl sites for hydroxylation is 1. The summed E-state index contributed by atoms with van der Waals surface area (Å²) in [6.45, 7) is 2.11. The van der Waals surface area contributed by atoms with Crippen molar-refractivity contribution < 1.29 is 9.90 Å². The summed E-state index contributed by atoms with van der Waals surface area (Å²) < 4.78 is 1.66. The summed E-state index contributed by atoms with van der Waals surface area (Å²) in [5, 5.41) is 16.6. The van der Waals surface area contributed by atoms with E-state index in [0.717, 1.165) is 0 Å². The molecule has 0 spiro atoms. The van der Waals surface area contributed by atoms with Gasteiger partial charge in [-0.2, -0.15) is 10.2 Å². The predicted octanol–water partition coefficient (Wildman–Crippen LogP) is 0.693. The second kappa shape index (κ2) is 4.79. The zero-order valence-electron chi connectivity index (χ0n) is 9.70. The number of rotatable bonds is 3. The summed E-state index contributed by atoms with van der Waals surface area (Å²) in [4.78, 5) is 22.4. The molecule has 0 radical (unpaired) electrons. The topological polar surface area (TPSA) is 85.1 Å². The third-order valence-electron chi connectivity index (χ3n) is 2.53. The van der Waals surface area contributed by atoms with E-state index in [1.165, 1.54) is 12.3 Å². The fraction of sp³-hybridized carbons (Fsp3) is 0.167. The first-order valence-electron chi connectivity index (χ1n) is 5.29. The molecule has 0 amide bonds. The predicted molar refractivity (Wildman–Crippen MR) is 63.5 cm³/mol. The molecule has 18 heavy (non-hydrogen) atoms. The van der Waals surface area contributed by atoms with E-state index in [0.29, 0.717) is 17.9 Å². The van der Waals surface area contributed by atoms with Crippen molar-refractivity contribution in [2.75, 3.05) is 0 Å². The molecule has 2 aromatic rings. The van der Waals surface area contributed by atoms with Crippen LogP contribution in [0.1, 0.15) is 21.7 Å². The fourth-order valence-corrected chi connectivity index (χ4v) is 1.59. The zero-order chi connectivity index (χ0) is 13.1. The van der Waals surface area contributed by atoms with Crippen LogP contribution < -0.4 is 5.43 Å². The minimum absolute atomic E-state index is 0.246. The minimum atomic E-state index is -1.23. The van der Waals surface area contributed by atoms with Gasteiger partial charge in [-0.1, -0.05) is 0 Å². The van der Waals surface area contributed by atoms with Crippen LogP contribution in [-0.2, 0) is 6.54 Å². The molecule has 1 N–H and O–H groups in total. The molecule has 0 aromatic carbocycles. The van der Waals surface area contributed by atoms with Crippen LogP contribution in [0.25, 0.3) is 0 Å². The molecule has 0 aliphatic rings. The van der Waals surface area contributed by atoms with Gasteiger partial charge in [0, 0.05) is 24.2 Å². The molecule has 0 unspecified atom stereocenters. The van der Waals surface area contributed by atoms with Crippen LogP contribution in [0.5, 0.6) is 0 Å². The van der Waals surface area contributed by atoms with Crippen LogP contribution in [0.3, 0.4) is 0 Å². The Balaban J connectivity index is 2.42. The Morgan fingerprint density at radius 3 is 2.89 bits per heavy atom. The Labute approximate surface area is 103 Å². The largest absolute Gasteiger partial charge is 0.477 e. The Bertz CT molecular complexity index is 635. The van der Waals surface area contributed by atoms with Gasteiger partial charge in [-0.3, -0.25) is 4.79 Å². The summed E-state index contributed by atoms with van der Waals surface area (Å²) in [5.41, 5.74) is 0.635. The van der Waals surface area contributed by atoms with Gasteiger partial charge < -0.3 is 9.67 Å². The summed E-state index contributed by atoms with van der Waals surface area (Å²) in [6, 6.07) is 4.84. The highest BCUT2D eigenvalue weighted by Crippen LogP contribution is 2.03. The fourth-order valence-electron chi connectivity index (χ4n) is 1.59. The standard InChI is InChI=1S/C12H11N3O3/c1-8-5-11(16)10(12(17)18)7-15(8)6-9-3-2-4-13-14-9/h2-5,7H,6H2,1H3,(H,17,18). The summed E-state index contributed by atoms with van der Waals surface area (Å²) in [6.07, 6.45) is 2.89. The van der Waals surface area contributed by atoms with Gasteiger partial charge in [0.2, 0.25) is 0 Å². The van der Waals surface area contributed by atoms with Gasteiger partial charge in [0.25, 0.3) is 0 Å². The van der Waals surface area contributed by atoms with E-state index in [9.17, 15) is 9.59 Å². The van der Waals surface area contributed by atoms with Crippen molar-refractivity contribution in [1.82, 2.24) is 14.8 Å². The molecule has 6 heteroatoms. The van der Waals surface area contributed by atoms with Crippen LogP contribution in [0.2, 0.25) is 0 Å². The van der Waals surface area contributed by atoms with Crippen LogP contribution in [-0.4, -0.2) is 25.8 Å². The van der Waals surface area contributed by atoms with E-state index < -0.39 is 11.4 Å². The van der Waals surface area contributed by atoms with Crippen molar-refractivity contribution >= 4 is 5.97 Å². The van der Waals surface area contributed by atoms with Gasteiger partial charge in [0.05, 0.1) is 12.2 Å². The quantitative estimate of drug-likeness (QED) is 0.860. The van der Waals surface area contributed by atoms with E-state index in [1.807, 2.05) is 0 Å². The highest BCUT2D eigenvalue weighted by atomic mass is 16.4. The highest BCUT2D eigenvalue weighted by molar-refractivity contribution is 5.87. The van der Waals surface area contributed by atoms with Crippen LogP contribution in [0.15, 0.2) is 35.4 Å². The molecular formula is C12H11N3O3. The molecule has 2 heterocycles. The number of hydrogen-bond donors (Lipinski definition) is 1. The lowest BCUT2D eigenvalue weighted by atomic mass is 10.2. The third kappa shape index (κ3) is 2.42. The Morgan fingerprint density at radius 1 is 1.50 bits per heavy atom. The SMILES string of the molecule is Cc1cc(=O)c(C(=O)O)cn1Cc1cccnn1. The van der Waals surface area contributed by atoms with Crippen LogP contribution in [0, 0.1) is 6.92 Å². The number of nitrogens with zero attached hydrogens (tertiary/aromatic N) is 3. The lowest BCUT2D eigenvalue weighted by molar-refractivity contribution is 0.0694. The number of carbonyl (C=O) groups is 1. The van der Waals surface area contributed by atoms with Crippen molar-refractivity contribution in [3.63, 3.8) is 0 Å². The Hall–Kier alpha value is -2.50. The second-order valence-electron chi connectivity index (χ2n) is 3.84. The maximum Gasteiger partial charge on any atom is 0.341 e. The maximum absolute atomic E-state index is 11.5. The van der Waals surface area contributed by atoms with E-state index in [1.54, 1.807) is 29.8 Å². The number of carboxylic acids is 1. The van der Waals surface area contributed by atoms with Gasteiger partial charge in [-0.15, -0.1) is 0 Å². The summed E-state index contributed by atoms with van der Waals surface area (Å²) in [5.74, 6) is -1.23. The van der Waals surface area contributed by atoms with Gasteiger partial charge in [-0.25, -0.2) is 4.79 Å². The van der Waals surface area contributed by atoms with Gasteiger partial charge >= 0.3 is 5.97 Å². The molecule has 2 aromatic heterocycles. The van der Waals surface area contributed by atoms with Crippen molar-refractivity contribution in [3.8, 4) is 0 Å². The Morgan fingerprint density at radius 2 is 2.28 bits per heavy atom. The lowest BCUT2D eigenvalue weighted by Crippen LogP contribution is -2.19. The second-order valence-corrected chi connectivity index (χ2v) is 3.84. The first-order valence-corrected chi connectivity index (χ1v) is 5.29. The van der Waals surface area contributed by atoms with E-state index in [-0.39, 0.29) is 5.56 Å². The lowest BCUT2D eigenvalue weighted by Gasteiger charge is -2.10. The van der Waals surface area contributed by atoms with Gasteiger partial charge in [0.15, 0.2) is 5.43 Å². The number of pyridine rings is 1. The normalized spacial score (nSPS) is 10.3. The first kappa shape index (κ1) is 12.0. The summed E-state index contributed by atoms with van der Waals surface area (Å²) >= 11 is 0. The zero-order valence-corrected chi connectivity index (χ0v) is 9.70. The Kier molecular flexibility index (Phi) is 3.18. The molecule has 0 bridgehead atoms. The molecule has 0 aliphatic heterocycles. The number of hydrogen-bond acceptors (Lipinski definition) is 4. The van der Waals surface area contributed by atoms with Gasteiger partial charge in [0.1, 0.15) is 5.56 Å². The van der Waals surface area contributed by atoms with E-state index in [4.69, 9.17) is 5.11 Å². The number of carboxylic acid groups (broad SMARTS) is 1. The third-order valence-corrected chi connectivity index (χ3v) is 2.53. The van der Waals surface area contributed by atoms with Crippen LogP contribution >= 0.6 is 0 Å². The highest BCUT2D eigenvalue weighted by Gasteiger charge is 2.11. The average Bonchev–Trinajstić information content (AvgIpc) is 2.33. The van der Waals surface area contributed by atoms with E-state index in [2.05, 4.69) is 10.2 Å². The van der Waals surface area contributed by atoms with Crippen molar-refractivity contribution in [1.29, 1.82) is 0 Å². The van der Waals surface area contributed by atoms with Crippen molar-refractivity contribution in [2.24, 2.45) is 0 Å². The number of aromatic carboxylic acids is 1. The molecule has 6 nitrogen and oxygen atoms in total. The molecule has 0 fully saturated rings. The van der Waals surface area contributed by atoms with Gasteiger partial charge in [-0.05, 0) is 19.1 Å². The smallest absolute Gasteiger partial charge is 0.341 e.